The zero-order valence-corrected chi connectivity index (χ0v) is 9.73. The van der Waals surface area contributed by atoms with E-state index in [-0.39, 0.29) is 0 Å². The molecule has 0 rings (SSSR count). The Balaban J connectivity index is 3.53. The normalized spacial score (nSPS) is 12.3. The number of rotatable bonds is 7. The summed E-state index contributed by atoms with van der Waals surface area (Å²) in [6, 6.07) is 0. The van der Waals surface area contributed by atoms with Crippen molar-refractivity contribution in [2.45, 2.75) is 39.0 Å². The molecule has 0 heterocycles. The van der Waals surface area contributed by atoms with Crippen molar-refractivity contribution in [1.29, 1.82) is 0 Å². The number of hydrogen-bond donors (Lipinski definition) is 0. The Morgan fingerprint density at radius 1 is 1.00 bits per heavy atom. The maximum atomic E-state index is 11.3. The molecule has 0 aromatic heterocycles. The number of sulfonamides is 1. The summed E-state index contributed by atoms with van der Waals surface area (Å²) >= 11 is 0. The summed E-state index contributed by atoms with van der Waals surface area (Å²) in [4.78, 5) is 0. The van der Waals surface area contributed by atoms with Gasteiger partial charge in [0.2, 0.25) is 10.0 Å². The molecule has 0 saturated heterocycles. The van der Waals surface area contributed by atoms with Gasteiger partial charge in [0.1, 0.15) is 0 Å². The molecular weight excluding hydrogens is 186 g/mol. The molecule has 3 nitrogen and oxygen atoms in total. The van der Waals surface area contributed by atoms with E-state index in [4.69, 9.17) is 0 Å². The molecule has 4 heteroatoms. The predicted molar refractivity (Wildman–Crippen MR) is 56.2 cm³/mol. The topological polar surface area (TPSA) is 37.4 Å². The summed E-state index contributed by atoms with van der Waals surface area (Å²) in [5.41, 5.74) is 0. The lowest BCUT2D eigenvalue weighted by Gasteiger charge is -2.10. The molecule has 0 spiro atoms. The van der Waals surface area contributed by atoms with Crippen LogP contribution < -0.4 is 0 Å². The molecule has 0 aromatic rings. The second-order valence-electron chi connectivity index (χ2n) is 3.51. The first-order valence-electron chi connectivity index (χ1n) is 4.91. The van der Waals surface area contributed by atoms with E-state index in [1.54, 1.807) is 14.1 Å². The van der Waals surface area contributed by atoms with Crippen molar-refractivity contribution >= 4 is 10.0 Å². The third-order valence-electron chi connectivity index (χ3n) is 2.06. The Morgan fingerprint density at radius 3 is 2.00 bits per heavy atom. The first-order chi connectivity index (χ1) is 6.00. The summed E-state index contributed by atoms with van der Waals surface area (Å²) in [5.74, 6) is 0.295. The van der Waals surface area contributed by atoms with Crippen molar-refractivity contribution < 1.29 is 8.42 Å². The lowest BCUT2D eigenvalue weighted by Crippen LogP contribution is -2.24. The molecule has 0 fully saturated rings. The molecule has 0 unspecified atom stereocenters. The van der Waals surface area contributed by atoms with Gasteiger partial charge in [-0.3, -0.25) is 0 Å². The Morgan fingerprint density at radius 2 is 1.54 bits per heavy atom. The first kappa shape index (κ1) is 12.9. The van der Waals surface area contributed by atoms with Crippen LogP contribution in [0.5, 0.6) is 0 Å². The minimum absolute atomic E-state index is 0.295. The summed E-state index contributed by atoms with van der Waals surface area (Å²) < 4.78 is 23.9. The van der Waals surface area contributed by atoms with Gasteiger partial charge in [0, 0.05) is 14.1 Å². The number of hydrogen-bond acceptors (Lipinski definition) is 2. The van der Waals surface area contributed by atoms with Crippen molar-refractivity contribution in [3.8, 4) is 0 Å². The number of nitrogens with zero attached hydrogens (tertiary/aromatic N) is 1. The second kappa shape index (κ2) is 6.38. The van der Waals surface area contributed by atoms with E-state index in [0.717, 1.165) is 19.3 Å². The van der Waals surface area contributed by atoms with E-state index in [1.807, 2.05) is 0 Å². The van der Waals surface area contributed by atoms with Crippen LogP contribution in [0.4, 0.5) is 0 Å². The SMILES string of the molecule is CCCCCCCS(=O)(=O)N(C)C. The third kappa shape index (κ3) is 6.05. The van der Waals surface area contributed by atoms with E-state index in [9.17, 15) is 8.42 Å². The van der Waals surface area contributed by atoms with Crippen molar-refractivity contribution in [3.63, 3.8) is 0 Å². The van der Waals surface area contributed by atoms with Gasteiger partial charge in [-0.15, -0.1) is 0 Å². The Kier molecular flexibility index (Phi) is 6.33. The summed E-state index contributed by atoms with van der Waals surface area (Å²) in [5, 5.41) is 0. The average Bonchev–Trinajstić information content (AvgIpc) is 2.03. The number of unbranched alkanes of at least 4 members (excludes halogenated alkanes) is 4. The molecule has 0 atom stereocenters. The lowest BCUT2D eigenvalue weighted by atomic mass is 10.2. The maximum absolute atomic E-state index is 11.3. The summed E-state index contributed by atoms with van der Waals surface area (Å²) in [6.45, 7) is 2.15. The van der Waals surface area contributed by atoms with Crippen LogP contribution in [-0.4, -0.2) is 32.6 Å². The van der Waals surface area contributed by atoms with Gasteiger partial charge in [-0.05, 0) is 6.42 Å². The molecule has 13 heavy (non-hydrogen) atoms. The van der Waals surface area contributed by atoms with Gasteiger partial charge in [-0.1, -0.05) is 32.6 Å². The molecule has 0 radical (unpaired) electrons. The highest BCUT2D eigenvalue weighted by Crippen LogP contribution is 2.05. The van der Waals surface area contributed by atoms with Crippen LogP contribution in [-0.2, 0) is 10.0 Å². The van der Waals surface area contributed by atoms with Crippen molar-refractivity contribution in [1.82, 2.24) is 4.31 Å². The Labute approximate surface area is 82.2 Å². The Bertz CT molecular complexity index is 210. The average molecular weight is 207 g/mol. The van der Waals surface area contributed by atoms with Gasteiger partial charge in [-0.25, -0.2) is 12.7 Å². The van der Waals surface area contributed by atoms with Gasteiger partial charge in [-0.2, -0.15) is 0 Å². The fourth-order valence-electron chi connectivity index (χ4n) is 1.07. The monoisotopic (exact) mass is 207 g/mol. The zero-order valence-electron chi connectivity index (χ0n) is 8.91. The Hall–Kier alpha value is -0.0900. The second-order valence-corrected chi connectivity index (χ2v) is 5.81. The van der Waals surface area contributed by atoms with E-state index >= 15 is 0 Å². The highest BCUT2D eigenvalue weighted by Gasteiger charge is 2.11. The van der Waals surface area contributed by atoms with E-state index in [2.05, 4.69) is 6.92 Å². The van der Waals surface area contributed by atoms with Gasteiger partial charge < -0.3 is 0 Å². The van der Waals surface area contributed by atoms with Crippen molar-refractivity contribution in [3.05, 3.63) is 0 Å². The van der Waals surface area contributed by atoms with Crippen LogP contribution in [0.3, 0.4) is 0 Å². The molecule has 0 aromatic carbocycles. The van der Waals surface area contributed by atoms with Crippen LogP contribution in [0.1, 0.15) is 39.0 Å². The smallest absolute Gasteiger partial charge is 0.212 e. The minimum atomic E-state index is -2.95. The molecule has 0 aliphatic heterocycles. The van der Waals surface area contributed by atoms with E-state index in [0.29, 0.717) is 5.75 Å². The van der Waals surface area contributed by atoms with Gasteiger partial charge in [0.25, 0.3) is 0 Å². The fraction of sp³-hybridized carbons (Fsp3) is 1.00. The maximum Gasteiger partial charge on any atom is 0.213 e. The van der Waals surface area contributed by atoms with E-state index < -0.39 is 10.0 Å². The van der Waals surface area contributed by atoms with Gasteiger partial charge in [0.15, 0.2) is 0 Å². The van der Waals surface area contributed by atoms with Gasteiger partial charge >= 0.3 is 0 Å². The molecule has 0 bridgehead atoms. The highest BCUT2D eigenvalue weighted by atomic mass is 32.2. The molecule has 0 amide bonds. The molecular formula is C9H21NO2S. The first-order valence-corrected chi connectivity index (χ1v) is 6.52. The van der Waals surface area contributed by atoms with E-state index in [1.165, 1.54) is 17.1 Å². The molecule has 0 saturated carbocycles. The molecule has 0 aliphatic carbocycles. The van der Waals surface area contributed by atoms with Crippen LogP contribution in [0.25, 0.3) is 0 Å². The van der Waals surface area contributed by atoms with Crippen LogP contribution in [0.15, 0.2) is 0 Å². The third-order valence-corrected chi connectivity index (χ3v) is 3.98. The fourth-order valence-corrected chi connectivity index (χ4v) is 2.00. The minimum Gasteiger partial charge on any atom is -0.212 e. The van der Waals surface area contributed by atoms with Crippen LogP contribution in [0, 0.1) is 0 Å². The zero-order chi connectivity index (χ0) is 10.3. The standard InChI is InChI=1S/C9H21NO2S/c1-4-5-6-7-8-9-13(11,12)10(2)3/h4-9H2,1-3H3. The quantitative estimate of drug-likeness (QED) is 0.597. The highest BCUT2D eigenvalue weighted by molar-refractivity contribution is 7.89. The largest absolute Gasteiger partial charge is 0.213 e. The van der Waals surface area contributed by atoms with Crippen LogP contribution >= 0.6 is 0 Å². The molecule has 0 aliphatic rings. The molecule has 80 valence electrons. The lowest BCUT2D eigenvalue weighted by molar-refractivity contribution is 0.515. The summed E-state index contributed by atoms with van der Waals surface area (Å²) in [6.07, 6.45) is 5.38. The van der Waals surface area contributed by atoms with Gasteiger partial charge in [0.05, 0.1) is 5.75 Å². The van der Waals surface area contributed by atoms with Crippen molar-refractivity contribution in [2.24, 2.45) is 0 Å². The summed E-state index contributed by atoms with van der Waals surface area (Å²) in [7, 11) is 0.217. The van der Waals surface area contributed by atoms with Crippen molar-refractivity contribution in [2.75, 3.05) is 19.8 Å². The molecule has 0 N–H and O–H groups in total. The van der Waals surface area contributed by atoms with Crippen LogP contribution in [0.2, 0.25) is 0 Å². The predicted octanol–water partition coefficient (Wildman–Crippen LogP) is 1.85.